The molecule has 0 unspecified atom stereocenters. The van der Waals surface area contributed by atoms with Gasteiger partial charge in [-0.15, -0.1) is 0 Å². The lowest BCUT2D eigenvalue weighted by Crippen LogP contribution is -2.23. The van der Waals surface area contributed by atoms with Crippen molar-refractivity contribution in [3.05, 3.63) is 65.6 Å². The molecule has 2 N–H and O–H groups in total. The highest BCUT2D eigenvalue weighted by atomic mass is 16.5. The molecule has 1 aliphatic rings. The Morgan fingerprint density at radius 3 is 3.12 bits per heavy atom. The first-order chi connectivity index (χ1) is 11.8. The van der Waals surface area contributed by atoms with Gasteiger partial charge in [0.05, 0.1) is 12.8 Å². The molecule has 1 aliphatic heterocycles. The lowest BCUT2D eigenvalue weighted by atomic mass is 10.1. The highest BCUT2D eigenvalue weighted by Gasteiger charge is 2.11. The summed E-state index contributed by atoms with van der Waals surface area (Å²) in [7, 11) is 1.68. The number of methoxy groups -OCH3 is 1. The molecule has 0 aliphatic carbocycles. The number of H-pyrrole nitrogens is 1. The summed E-state index contributed by atoms with van der Waals surface area (Å²) in [5.41, 5.74) is 3.04. The van der Waals surface area contributed by atoms with Crippen molar-refractivity contribution in [2.75, 3.05) is 18.6 Å². The fourth-order valence-corrected chi connectivity index (χ4v) is 2.60. The number of aromatic amines is 1. The third-order valence-corrected chi connectivity index (χ3v) is 3.85. The molecule has 0 spiro atoms. The summed E-state index contributed by atoms with van der Waals surface area (Å²) in [6.07, 6.45) is 8.18. The molecule has 1 amide bonds. The number of nitrogens with zero attached hydrogens (tertiary/aromatic N) is 2. The Kier molecular flexibility index (Phi) is 4.96. The fraction of sp³-hybridized carbons (Fsp3) is 0.222. The molecule has 0 saturated heterocycles. The Hall–Kier alpha value is -3.02. The van der Waals surface area contributed by atoms with E-state index in [-0.39, 0.29) is 0 Å². The van der Waals surface area contributed by atoms with Gasteiger partial charge < -0.3 is 15.0 Å². The van der Waals surface area contributed by atoms with Crippen molar-refractivity contribution >= 4 is 12.2 Å². The number of nitrogens with one attached hydrogen (secondary N) is 2. The molecular formula is C18H20N4O2. The molecule has 1 aromatic heterocycles. The van der Waals surface area contributed by atoms with Crippen LogP contribution in [0.3, 0.4) is 0 Å². The molecule has 0 fully saturated rings. The van der Waals surface area contributed by atoms with Gasteiger partial charge in [0.25, 0.3) is 0 Å². The van der Waals surface area contributed by atoms with Crippen LogP contribution in [-0.2, 0) is 17.6 Å². The van der Waals surface area contributed by atoms with Crippen LogP contribution in [0, 0.1) is 0 Å². The molecule has 6 heteroatoms. The van der Waals surface area contributed by atoms with Crippen molar-refractivity contribution in [1.82, 2.24) is 15.5 Å². The van der Waals surface area contributed by atoms with E-state index in [9.17, 15) is 4.79 Å². The predicted octanol–water partition coefficient (Wildman–Crippen LogP) is 2.17. The second-order valence-corrected chi connectivity index (χ2v) is 5.50. The third-order valence-electron chi connectivity index (χ3n) is 3.85. The van der Waals surface area contributed by atoms with Crippen molar-refractivity contribution in [2.45, 2.75) is 12.8 Å². The molecule has 6 nitrogen and oxygen atoms in total. The fourth-order valence-electron chi connectivity index (χ4n) is 2.60. The standard InChI is InChI=1S/C18H20N4O2/c1-24-17-6-2-4-14(10-17)7-8-15-11-18(21-20-15)22-9-3-5-16(12-22)19-13-23/h2-6,10-13H,7-9H2,1H3,(H,19,23)(H,20,21). The van der Waals surface area contributed by atoms with E-state index in [0.717, 1.165) is 42.3 Å². The second-order valence-electron chi connectivity index (χ2n) is 5.50. The first kappa shape index (κ1) is 15.9. The number of hydrogen-bond acceptors (Lipinski definition) is 4. The average molecular weight is 324 g/mol. The van der Waals surface area contributed by atoms with Gasteiger partial charge in [0.1, 0.15) is 5.75 Å². The van der Waals surface area contributed by atoms with Crippen molar-refractivity contribution in [2.24, 2.45) is 0 Å². The normalized spacial score (nSPS) is 13.5. The Labute approximate surface area is 140 Å². The molecule has 3 rings (SSSR count). The van der Waals surface area contributed by atoms with E-state index in [1.165, 1.54) is 5.56 Å². The minimum Gasteiger partial charge on any atom is -0.497 e. The van der Waals surface area contributed by atoms with E-state index in [1.807, 2.05) is 47.5 Å². The van der Waals surface area contributed by atoms with E-state index in [4.69, 9.17) is 4.74 Å². The second kappa shape index (κ2) is 7.50. The van der Waals surface area contributed by atoms with E-state index in [1.54, 1.807) is 7.11 Å². The lowest BCUT2D eigenvalue weighted by molar-refractivity contribution is -0.108. The molecule has 0 radical (unpaired) electrons. The van der Waals surface area contributed by atoms with E-state index in [0.29, 0.717) is 6.41 Å². The number of aromatic nitrogens is 2. The quantitative estimate of drug-likeness (QED) is 0.766. The summed E-state index contributed by atoms with van der Waals surface area (Å²) < 4.78 is 5.25. The number of anilines is 1. The number of ether oxygens (including phenoxy) is 1. The molecular weight excluding hydrogens is 304 g/mol. The topological polar surface area (TPSA) is 70.2 Å². The van der Waals surface area contributed by atoms with Gasteiger partial charge in [-0.2, -0.15) is 5.10 Å². The summed E-state index contributed by atoms with van der Waals surface area (Å²) in [4.78, 5) is 12.5. The number of benzene rings is 1. The van der Waals surface area contributed by atoms with Gasteiger partial charge in [0, 0.05) is 24.5 Å². The number of carbonyl (C=O) groups excluding carboxylic acids is 1. The molecule has 0 bridgehead atoms. The Morgan fingerprint density at radius 1 is 1.38 bits per heavy atom. The minimum atomic E-state index is 0.670. The number of rotatable bonds is 7. The molecule has 0 saturated carbocycles. The average Bonchev–Trinajstić information content (AvgIpc) is 3.10. The maximum absolute atomic E-state index is 10.6. The van der Waals surface area contributed by atoms with Gasteiger partial charge in [0.15, 0.2) is 5.82 Å². The van der Waals surface area contributed by atoms with Crippen molar-refractivity contribution in [3.8, 4) is 5.75 Å². The summed E-state index contributed by atoms with van der Waals surface area (Å²) in [5.74, 6) is 1.71. The summed E-state index contributed by atoms with van der Waals surface area (Å²) >= 11 is 0. The molecule has 1 aromatic carbocycles. The van der Waals surface area contributed by atoms with Crippen LogP contribution >= 0.6 is 0 Å². The van der Waals surface area contributed by atoms with Gasteiger partial charge in [-0.1, -0.05) is 18.2 Å². The number of amides is 1. The summed E-state index contributed by atoms with van der Waals surface area (Å²) in [6.45, 7) is 0.726. The molecule has 2 heterocycles. The van der Waals surface area contributed by atoms with Crippen LogP contribution in [0.2, 0.25) is 0 Å². The predicted molar refractivity (Wildman–Crippen MR) is 92.8 cm³/mol. The Morgan fingerprint density at radius 2 is 2.29 bits per heavy atom. The van der Waals surface area contributed by atoms with Crippen molar-refractivity contribution in [3.63, 3.8) is 0 Å². The summed E-state index contributed by atoms with van der Waals surface area (Å²) in [6, 6.07) is 10.1. The van der Waals surface area contributed by atoms with Gasteiger partial charge >= 0.3 is 0 Å². The monoisotopic (exact) mass is 324 g/mol. The lowest BCUT2D eigenvalue weighted by Gasteiger charge is -2.20. The maximum Gasteiger partial charge on any atom is 0.211 e. The minimum absolute atomic E-state index is 0.670. The van der Waals surface area contributed by atoms with Gasteiger partial charge in [-0.05, 0) is 36.6 Å². The highest BCUT2D eigenvalue weighted by Crippen LogP contribution is 2.18. The van der Waals surface area contributed by atoms with Crippen LogP contribution in [-0.4, -0.2) is 30.3 Å². The molecule has 124 valence electrons. The van der Waals surface area contributed by atoms with E-state index in [2.05, 4.69) is 21.6 Å². The van der Waals surface area contributed by atoms with Crippen LogP contribution in [0.15, 0.2) is 54.4 Å². The van der Waals surface area contributed by atoms with Crippen LogP contribution in [0.5, 0.6) is 5.75 Å². The van der Waals surface area contributed by atoms with Crippen molar-refractivity contribution < 1.29 is 9.53 Å². The highest BCUT2D eigenvalue weighted by molar-refractivity contribution is 5.55. The number of carbonyl (C=O) groups is 1. The Balaban J connectivity index is 1.63. The van der Waals surface area contributed by atoms with E-state index >= 15 is 0 Å². The molecule has 24 heavy (non-hydrogen) atoms. The van der Waals surface area contributed by atoms with Gasteiger partial charge in [-0.25, -0.2) is 0 Å². The van der Waals surface area contributed by atoms with Crippen molar-refractivity contribution in [1.29, 1.82) is 0 Å². The summed E-state index contributed by atoms with van der Waals surface area (Å²) in [5, 5.41) is 10.1. The molecule has 2 aromatic rings. The Bertz CT molecular complexity index is 764. The maximum atomic E-state index is 10.6. The number of hydrogen-bond donors (Lipinski definition) is 2. The van der Waals surface area contributed by atoms with Crippen LogP contribution in [0.1, 0.15) is 11.3 Å². The third kappa shape index (κ3) is 3.84. The van der Waals surface area contributed by atoms with Crippen LogP contribution in [0.4, 0.5) is 5.82 Å². The van der Waals surface area contributed by atoms with E-state index < -0.39 is 0 Å². The zero-order valence-electron chi connectivity index (χ0n) is 13.5. The number of aryl methyl sites for hydroxylation is 2. The van der Waals surface area contributed by atoms with Crippen LogP contribution < -0.4 is 15.0 Å². The zero-order valence-corrected chi connectivity index (χ0v) is 13.5. The SMILES string of the molecule is COc1cccc(CCc2cc(N3C=C(NC=O)C=CC3)n[nH]2)c1. The first-order valence-electron chi connectivity index (χ1n) is 7.81. The smallest absolute Gasteiger partial charge is 0.211 e. The van der Waals surface area contributed by atoms with Crippen LogP contribution in [0.25, 0.3) is 0 Å². The first-order valence-corrected chi connectivity index (χ1v) is 7.81. The molecule has 0 atom stereocenters. The zero-order chi connectivity index (χ0) is 16.8. The number of allylic oxidation sites excluding steroid dienone is 1. The largest absolute Gasteiger partial charge is 0.497 e. The van der Waals surface area contributed by atoms with Gasteiger partial charge in [0.2, 0.25) is 6.41 Å². The van der Waals surface area contributed by atoms with Gasteiger partial charge in [-0.3, -0.25) is 9.89 Å².